The molecule has 0 radical (unpaired) electrons. The largest absolute Gasteiger partial charge is 0.447 e. The molecule has 4 aliphatic heterocycles. The van der Waals surface area contributed by atoms with Gasteiger partial charge in [0.05, 0.1) is 12.2 Å². The third kappa shape index (κ3) is 3.67. The number of hydrogen-bond donors (Lipinski definition) is 1. The third-order valence-corrected chi connectivity index (χ3v) is 6.35. The van der Waals surface area contributed by atoms with Crippen molar-refractivity contribution in [1.82, 2.24) is 9.88 Å². The molecular formula is C24H25N3O3. The maximum atomic E-state index is 12.0. The monoisotopic (exact) mass is 403 g/mol. The Balaban J connectivity index is 1.49. The van der Waals surface area contributed by atoms with Crippen LogP contribution in [0.4, 0.5) is 10.6 Å². The van der Waals surface area contributed by atoms with Crippen molar-refractivity contribution in [3.8, 4) is 11.8 Å². The molecule has 1 N–H and O–H groups in total. The number of benzene rings is 1. The first-order valence-corrected chi connectivity index (χ1v) is 10.6. The maximum absolute atomic E-state index is 12.0. The van der Waals surface area contributed by atoms with E-state index >= 15 is 0 Å². The molecule has 6 nitrogen and oxygen atoms in total. The summed E-state index contributed by atoms with van der Waals surface area (Å²) < 4.78 is 5.06. The molecule has 1 atom stereocenters. The van der Waals surface area contributed by atoms with Crippen LogP contribution in [0.5, 0.6) is 0 Å². The molecule has 6 heteroatoms. The number of aromatic nitrogens is 1. The molecule has 1 unspecified atom stereocenters. The summed E-state index contributed by atoms with van der Waals surface area (Å²) in [4.78, 5) is 20.6. The second-order valence-electron chi connectivity index (χ2n) is 8.32. The van der Waals surface area contributed by atoms with Gasteiger partial charge in [0.1, 0.15) is 18.0 Å². The second-order valence-corrected chi connectivity index (χ2v) is 8.32. The van der Waals surface area contributed by atoms with Crippen LogP contribution in [0.1, 0.15) is 29.7 Å². The molecule has 6 rings (SSSR count). The Labute approximate surface area is 176 Å². The number of pyridine rings is 1. The van der Waals surface area contributed by atoms with Crippen molar-refractivity contribution in [3.63, 3.8) is 0 Å². The van der Waals surface area contributed by atoms with Crippen LogP contribution in [0.2, 0.25) is 0 Å². The number of ether oxygens (including phenoxy) is 1. The number of rotatable bonds is 3. The molecule has 5 heterocycles. The van der Waals surface area contributed by atoms with E-state index in [4.69, 9.17) is 9.72 Å². The molecule has 154 valence electrons. The van der Waals surface area contributed by atoms with Gasteiger partial charge in [0.25, 0.3) is 0 Å². The van der Waals surface area contributed by atoms with Crippen molar-refractivity contribution >= 4 is 11.9 Å². The quantitative estimate of drug-likeness (QED) is 0.798. The van der Waals surface area contributed by atoms with Crippen LogP contribution < -0.4 is 4.90 Å². The summed E-state index contributed by atoms with van der Waals surface area (Å²) in [6.07, 6.45) is 2.23. The lowest BCUT2D eigenvalue weighted by Gasteiger charge is -2.47. The van der Waals surface area contributed by atoms with Crippen molar-refractivity contribution in [2.45, 2.75) is 24.9 Å². The number of cyclic esters (lactones) is 1. The Morgan fingerprint density at radius 3 is 2.60 bits per heavy atom. The number of carbonyl (C=O) groups is 1. The molecule has 0 aliphatic carbocycles. The third-order valence-electron chi connectivity index (χ3n) is 6.35. The number of aliphatic hydroxyl groups is 1. The number of nitrogens with zero attached hydrogens (tertiary/aromatic N) is 3. The van der Waals surface area contributed by atoms with E-state index in [1.54, 1.807) is 4.90 Å². The van der Waals surface area contributed by atoms with Crippen molar-refractivity contribution in [3.05, 3.63) is 59.3 Å². The van der Waals surface area contributed by atoms with Gasteiger partial charge in [0.15, 0.2) is 0 Å². The summed E-state index contributed by atoms with van der Waals surface area (Å²) >= 11 is 0. The SMILES string of the molecule is O=C1OCCN1c1ccc(C#CC2(O)CN3CCC2CC3)c(Cc2ccccc2)n1. The average molecular weight is 403 g/mol. The molecule has 2 aromatic rings. The number of anilines is 1. The van der Waals surface area contributed by atoms with E-state index in [2.05, 4.69) is 28.9 Å². The summed E-state index contributed by atoms with van der Waals surface area (Å²) in [5.74, 6) is 7.24. The number of carbonyl (C=O) groups excluding carboxylic acids is 1. The van der Waals surface area contributed by atoms with Crippen LogP contribution in [0.25, 0.3) is 0 Å². The van der Waals surface area contributed by atoms with E-state index < -0.39 is 5.60 Å². The van der Waals surface area contributed by atoms with Crippen molar-refractivity contribution in [2.24, 2.45) is 5.92 Å². The van der Waals surface area contributed by atoms with Gasteiger partial charge in [-0.2, -0.15) is 0 Å². The van der Waals surface area contributed by atoms with Gasteiger partial charge in [-0.25, -0.2) is 9.78 Å². The molecule has 4 aliphatic rings. The van der Waals surface area contributed by atoms with Crippen LogP contribution in [-0.4, -0.2) is 59.5 Å². The second kappa shape index (κ2) is 7.75. The zero-order valence-electron chi connectivity index (χ0n) is 16.9. The van der Waals surface area contributed by atoms with E-state index in [-0.39, 0.29) is 12.0 Å². The van der Waals surface area contributed by atoms with Crippen LogP contribution in [0.15, 0.2) is 42.5 Å². The predicted molar refractivity (Wildman–Crippen MR) is 113 cm³/mol. The molecule has 30 heavy (non-hydrogen) atoms. The van der Waals surface area contributed by atoms with Gasteiger partial charge in [0.2, 0.25) is 0 Å². The zero-order valence-corrected chi connectivity index (χ0v) is 16.9. The molecule has 0 spiro atoms. The van der Waals surface area contributed by atoms with Gasteiger partial charge in [-0.15, -0.1) is 0 Å². The number of piperidine rings is 3. The fourth-order valence-corrected chi connectivity index (χ4v) is 4.64. The summed E-state index contributed by atoms with van der Waals surface area (Å²) in [7, 11) is 0. The predicted octanol–water partition coefficient (Wildman–Crippen LogP) is 2.44. The molecular weight excluding hydrogens is 378 g/mol. The summed E-state index contributed by atoms with van der Waals surface area (Å²) in [5.41, 5.74) is 1.75. The fourth-order valence-electron chi connectivity index (χ4n) is 4.64. The Bertz CT molecular complexity index is 1010. The summed E-state index contributed by atoms with van der Waals surface area (Å²) in [6, 6.07) is 13.8. The first-order chi connectivity index (χ1) is 14.6. The maximum Gasteiger partial charge on any atom is 0.415 e. The van der Waals surface area contributed by atoms with Crippen molar-refractivity contribution in [2.75, 3.05) is 37.7 Å². The summed E-state index contributed by atoms with van der Waals surface area (Å²) in [5, 5.41) is 11.2. The molecule has 0 saturated carbocycles. The normalized spacial score (nSPS) is 27.5. The van der Waals surface area contributed by atoms with Gasteiger partial charge in [-0.05, 0) is 43.6 Å². The highest BCUT2D eigenvalue weighted by Gasteiger charge is 2.44. The Morgan fingerprint density at radius 2 is 1.93 bits per heavy atom. The number of hydrogen-bond acceptors (Lipinski definition) is 5. The highest BCUT2D eigenvalue weighted by molar-refractivity contribution is 5.88. The molecule has 1 aromatic carbocycles. The van der Waals surface area contributed by atoms with Gasteiger partial charge < -0.3 is 9.84 Å². The topological polar surface area (TPSA) is 65.9 Å². The minimum absolute atomic E-state index is 0.235. The van der Waals surface area contributed by atoms with Gasteiger partial charge in [0, 0.05) is 24.4 Å². The van der Waals surface area contributed by atoms with Gasteiger partial charge in [-0.3, -0.25) is 9.80 Å². The number of amides is 1. The van der Waals surface area contributed by atoms with Crippen LogP contribution in [0.3, 0.4) is 0 Å². The van der Waals surface area contributed by atoms with Crippen molar-refractivity contribution < 1.29 is 14.6 Å². The minimum atomic E-state index is -0.960. The van der Waals surface area contributed by atoms with Crippen LogP contribution in [0, 0.1) is 17.8 Å². The van der Waals surface area contributed by atoms with E-state index in [1.165, 1.54) is 0 Å². The lowest BCUT2D eigenvalue weighted by molar-refractivity contribution is -0.0713. The van der Waals surface area contributed by atoms with E-state index in [0.29, 0.717) is 31.9 Å². The summed E-state index contributed by atoms with van der Waals surface area (Å²) in [6.45, 7) is 3.59. The first kappa shape index (κ1) is 19.1. The Kier molecular flexibility index (Phi) is 4.93. The minimum Gasteiger partial charge on any atom is -0.447 e. The van der Waals surface area contributed by atoms with E-state index in [1.807, 2.05) is 30.3 Å². The van der Waals surface area contributed by atoms with Crippen LogP contribution >= 0.6 is 0 Å². The Hall–Kier alpha value is -2.88. The average Bonchev–Trinajstić information content (AvgIpc) is 3.20. The zero-order chi connectivity index (χ0) is 20.6. The molecule has 1 amide bonds. The fraction of sp³-hybridized carbons (Fsp3) is 0.417. The molecule has 1 aromatic heterocycles. The van der Waals surface area contributed by atoms with Crippen LogP contribution in [-0.2, 0) is 11.2 Å². The lowest BCUT2D eigenvalue weighted by atomic mass is 9.75. The van der Waals surface area contributed by atoms with E-state index in [9.17, 15) is 9.90 Å². The highest BCUT2D eigenvalue weighted by atomic mass is 16.6. The smallest absolute Gasteiger partial charge is 0.415 e. The van der Waals surface area contributed by atoms with Crippen molar-refractivity contribution in [1.29, 1.82) is 0 Å². The number of fused-ring (bicyclic) bond motifs is 3. The van der Waals surface area contributed by atoms with E-state index in [0.717, 1.165) is 42.8 Å². The molecule has 2 bridgehead atoms. The standard InChI is InChI=1S/C24H25N3O3/c28-23-27(14-15-30-23)22-7-6-19(21(25-22)16-18-4-2-1-3-5-18)8-11-24(29)17-26-12-9-20(24)10-13-26/h1-7,20,29H,9-10,12-17H2. The lowest BCUT2D eigenvalue weighted by Crippen LogP contribution is -2.58. The molecule has 4 fully saturated rings. The van der Waals surface area contributed by atoms with Gasteiger partial charge >= 0.3 is 6.09 Å². The Morgan fingerprint density at radius 1 is 1.13 bits per heavy atom. The first-order valence-electron chi connectivity index (χ1n) is 10.6. The molecule has 4 saturated heterocycles. The van der Waals surface area contributed by atoms with Gasteiger partial charge in [-0.1, -0.05) is 42.2 Å². The highest BCUT2D eigenvalue weighted by Crippen LogP contribution is 2.35.